The maximum atomic E-state index is 14.6. The molecule has 9 atom stereocenters. The number of nitrogens with one attached hydrogen (secondary N) is 2. The number of ether oxygens (including phenoxy) is 2. The second-order valence-electron chi connectivity index (χ2n) is 20.2. The van der Waals surface area contributed by atoms with Crippen LogP contribution in [0.15, 0.2) is 36.4 Å². The molecule has 1 saturated heterocycles. The predicted octanol–water partition coefficient (Wildman–Crippen LogP) is 4.36. The molecule has 2 heterocycles. The molecule has 1 aromatic rings. The van der Waals surface area contributed by atoms with Crippen LogP contribution in [0.2, 0.25) is 0 Å². The van der Waals surface area contributed by atoms with Crippen molar-refractivity contribution in [2.45, 2.75) is 155 Å². The summed E-state index contributed by atoms with van der Waals surface area (Å²) in [6, 6.07) is 1.36. The van der Waals surface area contributed by atoms with E-state index in [9.17, 15) is 47.9 Å². The van der Waals surface area contributed by atoms with E-state index in [0.717, 1.165) is 17.7 Å². The number of nitrogens with zero attached hydrogens (tertiary/aromatic N) is 4. The van der Waals surface area contributed by atoms with Crippen LogP contribution in [0.3, 0.4) is 0 Å². The van der Waals surface area contributed by atoms with Gasteiger partial charge in [0.2, 0.25) is 29.5 Å². The number of benzene rings is 1. The van der Waals surface area contributed by atoms with Gasteiger partial charge in [-0.25, -0.2) is 9.18 Å². The number of amides is 7. The lowest BCUT2D eigenvalue weighted by Gasteiger charge is -2.41. The standard InChI is InChI=1S/C51H77FN6O11/c1-12-32(6)45(56(9)49(65)43(30(2)3)54-48(64)44(31(4)5)55(8)39(59)20-14-13-17-25-57-40(60)21-22-41(57)61)38(68-10)27-42(62)58-29-51(23-24-51)28-37(58)46(69-11)33(7)47(63)53-36(50(66)67)26-34-18-15-16-19-35(34)52/h15-16,18-19,21-22,30-33,36-38,43-46H,12-14,17,20,23-29H2,1-11H3,(H,53,63)(H,54,64)(H,66,67)/t32-,33+,36-,37-,38+,43-,44-,45-,46+/m0/s1. The van der Waals surface area contributed by atoms with Crippen molar-refractivity contribution >= 4 is 47.3 Å². The number of carboxylic acid groups (broad SMARTS) is 1. The number of aliphatic carboxylic acids is 1. The van der Waals surface area contributed by atoms with Crippen molar-refractivity contribution in [2.75, 3.05) is 41.4 Å². The minimum absolute atomic E-state index is 0.108. The third-order valence-corrected chi connectivity index (χ3v) is 14.6. The Morgan fingerprint density at radius 3 is 2.04 bits per heavy atom. The van der Waals surface area contributed by atoms with E-state index in [1.165, 1.54) is 49.5 Å². The first-order chi connectivity index (χ1) is 32.5. The number of methoxy groups -OCH3 is 2. The van der Waals surface area contributed by atoms with Gasteiger partial charge >= 0.3 is 5.97 Å². The summed E-state index contributed by atoms with van der Waals surface area (Å²) < 4.78 is 26.5. The SMILES string of the molecule is CC[C@H](C)[C@@H]([C@@H](CC(=O)N1CC2(CC2)C[C@H]1[C@H](OC)[C@@H](C)C(=O)N[C@@H](Cc1ccccc1F)C(=O)O)OC)N(C)C(=O)[C@@H](NC(=O)[C@H](C(C)C)N(C)C(=O)CCCCCN1C(=O)C=CC1=O)C(C)C. The molecule has 2 fully saturated rings. The molecular formula is C51H77FN6O11. The number of hydrogen-bond donors (Lipinski definition) is 3. The van der Waals surface area contributed by atoms with Crippen LogP contribution in [0.25, 0.3) is 0 Å². The minimum atomic E-state index is -1.41. The van der Waals surface area contributed by atoms with E-state index in [2.05, 4.69) is 10.6 Å². The summed E-state index contributed by atoms with van der Waals surface area (Å²) in [6.45, 7) is 13.6. The molecule has 7 amide bonds. The van der Waals surface area contributed by atoms with Crippen LogP contribution in [0.5, 0.6) is 0 Å². The van der Waals surface area contributed by atoms with Crippen LogP contribution >= 0.6 is 0 Å². The van der Waals surface area contributed by atoms with E-state index < -0.39 is 71.9 Å². The minimum Gasteiger partial charge on any atom is -0.480 e. The average Bonchev–Trinajstić information content (AvgIpc) is 3.85. The highest BCUT2D eigenvalue weighted by Gasteiger charge is 2.56. The Kier molecular flexibility index (Phi) is 20.5. The molecule has 1 spiro atoms. The fraction of sp³-hybridized carbons (Fsp3) is 0.686. The predicted molar refractivity (Wildman–Crippen MR) is 255 cm³/mol. The molecule has 18 heteroatoms. The van der Waals surface area contributed by atoms with E-state index in [4.69, 9.17) is 9.47 Å². The zero-order valence-electron chi connectivity index (χ0n) is 42.5. The van der Waals surface area contributed by atoms with Gasteiger partial charge in [0, 0.05) is 66.4 Å². The molecule has 1 aliphatic carbocycles. The fourth-order valence-electron chi connectivity index (χ4n) is 10.1. The van der Waals surface area contributed by atoms with Gasteiger partial charge < -0.3 is 39.9 Å². The highest BCUT2D eigenvalue weighted by atomic mass is 19.1. The Balaban J connectivity index is 1.46. The van der Waals surface area contributed by atoms with Gasteiger partial charge in [-0.3, -0.25) is 38.5 Å². The summed E-state index contributed by atoms with van der Waals surface area (Å²) in [5.74, 6) is -6.29. The second kappa shape index (κ2) is 25.1. The Morgan fingerprint density at radius 2 is 1.51 bits per heavy atom. The van der Waals surface area contributed by atoms with E-state index in [1.54, 1.807) is 36.9 Å². The quantitative estimate of drug-likeness (QED) is 0.0833. The van der Waals surface area contributed by atoms with Crippen molar-refractivity contribution in [3.8, 4) is 0 Å². The molecular weight excluding hydrogens is 892 g/mol. The van der Waals surface area contributed by atoms with Crippen molar-refractivity contribution in [1.82, 2.24) is 30.2 Å². The summed E-state index contributed by atoms with van der Waals surface area (Å²) in [7, 11) is 6.17. The molecule has 0 radical (unpaired) electrons. The highest BCUT2D eigenvalue weighted by molar-refractivity contribution is 6.12. The zero-order chi connectivity index (χ0) is 51.5. The third-order valence-electron chi connectivity index (χ3n) is 14.6. The first-order valence-corrected chi connectivity index (χ1v) is 24.5. The van der Waals surface area contributed by atoms with Gasteiger partial charge in [-0.1, -0.05) is 79.5 Å². The number of hydrogen-bond acceptors (Lipinski definition) is 10. The fourth-order valence-corrected chi connectivity index (χ4v) is 10.1. The Bertz CT molecular complexity index is 2020. The van der Waals surface area contributed by atoms with Crippen LogP contribution in [0.1, 0.15) is 112 Å². The first kappa shape index (κ1) is 56.4. The summed E-state index contributed by atoms with van der Waals surface area (Å²) in [6.07, 6.45) is 5.29. The Morgan fingerprint density at radius 1 is 0.870 bits per heavy atom. The van der Waals surface area contributed by atoms with Gasteiger partial charge in [0.1, 0.15) is 23.9 Å². The molecule has 3 aliphatic rings. The summed E-state index contributed by atoms with van der Waals surface area (Å²) in [4.78, 5) is 112. The van der Waals surface area contributed by atoms with E-state index in [1.807, 2.05) is 41.5 Å². The molecule has 69 heavy (non-hydrogen) atoms. The second-order valence-corrected chi connectivity index (χ2v) is 20.2. The van der Waals surface area contributed by atoms with E-state index >= 15 is 0 Å². The van der Waals surface area contributed by atoms with Gasteiger partial charge in [0.15, 0.2) is 0 Å². The zero-order valence-corrected chi connectivity index (χ0v) is 42.5. The normalized spacial score (nSPS) is 19.8. The summed E-state index contributed by atoms with van der Waals surface area (Å²) in [5, 5.41) is 15.5. The lowest BCUT2D eigenvalue weighted by Crippen LogP contribution is -2.60. The van der Waals surface area contributed by atoms with Gasteiger partial charge in [-0.15, -0.1) is 0 Å². The number of likely N-dealkylation sites (N-methyl/N-ethyl adjacent to an activating group) is 2. The molecule has 0 unspecified atom stereocenters. The van der Waals surface area contributed by atoms with Crippen molar-refractivity contribution in [3.63, 3.8) is 0 Å². The van der Waals surface area contributed by atoms with Crippen molar-refractivity contribution in [3.05, 3.63) is 47.8 Å². The Labute approximate surface area is 407 Å². The topological polar surface area (TPSA) is 212 Å². The molecule has 2 aliphatic heterocycles. The number of likely N-dealkylation sites (tertiary alicyclic amines) is 1. The number of carbonyl (C=O) groups is 8. The largest absolute Gasteiger partial charge is 0.480 e. The van der Waals surface area contributed by atoms with Crippen LogP contribution in [0, 0.1) is 34.9 Å². The van der Waals surface area contributed by atoms with E-state index in [0.29, 0.717) is 38.6 Å². The van der Waals surface area contributed by atoms with Gasteiger partial charge in [0.25, 0.3) is 11.8 Å². The average molecular weight is 969 g/mol. The number of imide groups is 1. The van der Waals surface area contributed by atoms with Crippen LogP contribution < -0.4 is 10.6 Å². The van der Waals surface area contributed by atoms with Crippen LogP contribution in [-0.2, 0) is 54.3 Å². The van der Waals surface area contributed by atoms with Gasteiger partial charge in [-0.05, 0) is 66.9 Å². The van der Waals surface area contributed by atoms with Crippen molar-refractivity contribution in [2.24, 2.45) is 29.1 Å². The lowest BCUT2D eigenvalue weighted by atomic mass is 9.89. The number of carboxylic acids is 1. The highest BCUT2D eigenvalue weighted by Crippen LogP contribution is 2.56. The molecule has 17 nitrogen and oxygen atoms in total. The summed E-state index contributed by atoms with van der Waals surface area (Å²) in [5.41, 5.74) is 0.00741. The maximum absolute atomic E-state index is 14.6. The van der Waals surface area contributed by atoms with Crippen molar-refractivity contribution < 1.29 is 57.3 Å². The van der Waals surface area contributed by atoms with Gasteiger partial charge in [0.05, 0.1) is 36.6 Å². The monoisotopic (exact) mass is 969 g/mol. The van der Waals surface area contributed by atoms with Gasteiger partial charge in [-0.2, -0.15) is 0 Å². The number of carbonyl (C=O) groups excluding carboxylic acids is 7. The molecule has 0 aromatic heterocycles. The summed E-state index contributed by atoms with van der Waals surface area (Å²) >= 11 is 0. The van der Waals surface area contributed by atoms with E-state index in [-0.39, 0.29) is 84.1 Å². The molecule has 4 rings (SSSR count). The third kappa shape index (κ3) is 14.2. The number of halogens is 1. The van der Waals surface area contributed by atoms with Crippen LogP contribution in [-0.4, -0.2) is 156 Å². The smallest absolute Gasteiger partial charge is 0.326 e. The van der Waals surface area contributed by atoms with Crippen LogP contribution in [0.4, 0.5) is 4.39 Å². The number of unbranched alkanes of at least 4 members (excludes halogenated alkanes) is 2. The molecule has 3 N–H and O–H groups in total. The Hall–Kier alpha value is -5.23. The molecule has 384 valence electrons. The lowest BCUT2D eigenvalue weighted by molar-refractivity contribution is -0.149. The first-order valence-electron chi connectivity index (χ1n) is 24.5. The number of rotatable bonds is 27. The molecule has 1 aromatic carbocycles. The maximum Gasteiger partial charge on any atom is 0.326 e. The molecule has 0 bridgehead atoms. The molecule has 1 saturated carbocycles. The van der Waals surface area contributed by atoms with Crippen molar-refractivity contribution in [1.29, 1.82) is 0 Å².